The Morgan fingerprint density at radius 2 is 1.88 bits per heavy atom. The van der Waals surface area contributed by atoms with Gasteiger partial charge in [0.1, 0.15) is 4.90 Å². The van der Waals surface area contributed by atoms with E-state index < -0.39 is 16.1 Å². The second kappa shape index (κ2) is 6.68. The average Bonchev–Trinajstić information content (AvgIpc) is 2.59. The Bertz CT molecular complexity index is 956. The lowest BCUT2D eigenvalue weighted by molar-refractivity contribution is 0.259. The summed E-state index contributed by atoms with van der Waals surface area (Å²) in [6, 6.07) is 15.2. The zero-order valence-electron chi connectivity index (χ0n) is 13.2. The number of para-hydroxylation sites is 1. The number of pyridine rings is 1. The molecule has 1 aromatic heterocycles. The van der Waals surface area contributed by atoms with E-state index in [1.165, 1.54) is 6.07 Å². The van der Waals surface area contributed by atoms with Crippen molar-refractivity contribution >= 4 is 20.9 Å². The second-order valence-electron chi connectivity index (χ2n) is 5.61. The van der Waals surface area contributed by atoms with Crippen LogP contribution in [0.5, 0.6) is 0 Å². The number of hydrogen-bond donors (Lipinski definition) is 2. The van der Waals surface area contributed by atoms with Gasteiger partial charge < -0.3 is 5.11 Å². The van der Waals surface area contributed by atoms with Gasteiger partial charge >= 0.3 is 0 Å². The van der Waals surface area contributed by atoms with Crippen molar-refractivity contribution in [1.82, 2.24) is 9.71 Å². The summed E-state index contributed by atoms with van der Waals surface area (Å²) in [5.74, 6) is 0. The topological polar surface area (TPSA) is 79.3 Å². The molecule has 0 amide bonds. The summed E-state index contributed by atoms with van der Waals surface area (Å²) in [5.41, 5.74) is 2.08. The van der Waals surface area contributed by atoms with Crippen LogP contribution in [0, 0.1) is 6.92 Å². The maximum absolute atomic E-state index is 12.8. The minimum absolute atomic E-state index is 0.106. The third-order valence-electron chi connectivity index (χ3n) is 3.78. The molecule has 1 unspecified atom stereocenters. The number of nitrogens with zero attached hydrogens (tertiary/aromatic N) is 1. The van der Waals surface area contributed by atoms with Crippen LogP contribution in [0.1, 0.15) is 17.2 Å². The summed E-state index contributed by atoms with van der Waals surface area (Å²) in [6.45, 7) is 1.57. The quantitative estimate of drug-likeness (QED) is 0.747. The molecule has 1 atom stereocenters. The van der Waals surface area contributed by atoms with Gasteiger partial charge in [-0.25, -0.2) is 13.1 Å². The van der Waals surface area contributed by atoms with Crippen molar-refractivity contribution in [1.29, 1.82) is 0 Å². The average molecular weight is 342 g/mol. The van der Waals surface area contributed by atoms with E-state index in [0.717, 1.165) is 10.9 Å². The number of hydrogen-bond acceptors (Lipinski definition) is 4. The number of aliphatic hydroxyl groups excluding tert-OH is 1. The van der Waals surface area contributed by atoms with Gasteiger partial charge in [0.2, 0.25) is 10.0 Å². The van der Waals surface area contributed by atoms with E-state index in [4.69, 9.17) is 0 Å². The molecule has 0 bridgehead atoms. The standard InChI is InChI=1S/C18H18N2O3S/c1-13-10-15-8-5-9-17(18(15)19-11-13)24(22,23)20-16(12-21)14-6-3-2-4-7-14/h2-11,16,20-21H,12H2,1H3. The lowest BCUT2D eigenvalue weighted by Crippen LogP contribution is -2.31. The van der Waals surface area contributed by atoms with Gasteiger partial charge in [-0.3, -0.25) is 4.98 Å². The van der Waals surface area contributed by atoms with Crippen LogP contribution in [0.4, 0.5) is 0 Å². The fraction of sp³-hybridized carbons (Fsp3) is 0.167. The van der Waals surface area contributed by atoms with E-state index in [1.54, 1.807) is 36.5 Å². The summed E-state index contributed by atoms with van der Waals surface area (Å²) >= 11 is 0. The number of benzene rings is 2. The SMILES string of the molecule is Cc1cnc2c(S(=O)(=O)NC(CO)c3ccccc3)cccc2c1. The largest absolute Gasteiger partial charge is 0.394 e. The maximum Gasteiger partial charge on any atom is 0.243 e. The maximum atomic E-state index is 12.8. The Hall–Kier alpha value is -2.28. The molecule has 5 nitrogen and oxygen atoms in total. The van der Waals surface area contributed by atoms with E-state index in [-0.39, 0.29) is 11.5 Å². The molecular weight excluding hydrogens is 324 g/mol. The molecule has 1 heterocycles. The first kappa shape index (κ1) is 16.6. The van der Waals surface area contributed by atoms with Crippen LogP contribution >= 0.6 is 0 Å². The summed E-state index contributed by atoms with van der Waals surface area (Å²) in [5, 5.41) is 10.4. The number of aromatic nitrogens is 1. The van der Waals surface area contributed by atoms with Crippen molar-refractivity contribution in [3.05, 3.63) is 71.9 Å². The van der Waals surface area contributed by atoms with Crippen LogP contribution in [-0.2, 0) is 10.0 Å². The first-order chi connectivity index (χ1) is 11.5. The van der Waals surface area contributed by atoms with Crippen LogP contribution in [0.15, 0.2) is 65.7 Å². The smallest absolute Gasteiger partial charge is 0.243 e. The molecular formula is C18H18N2O3S. The van der Waals surface area contributed by atoms with E-state index in [1.807, 2.05) is 25.1 Å². The molecule has 24 heavy (non-hydrogen) atoms. The number of aliphatic hydroxyl groups is 1. The van der Waals surface area contributed by atoms with Gasteiger partial charge in [-0.1, -0.05) is 42.5 Å². The van der Waals surface area contributed by atoms with E-state index in [9.17, 15) is 13.5 Å². The lowest BCUT2D eigenvalue weighted by atomic mass is 10.1. The molecule has 0 aliphatic heterocycles. The highest BCUT2D eigenvalue weighted by Crippen LogP contribution is 2.23. The number of sulfonamides is 1. The Morgan fingerprint density at radius 3 is 2.58 bits per heavy atom. The fourth-order valence-electron chi connectivity index (χ4n) is 2.61. The Labute approximate surface area is 141 Å². The second-order valence-corrected chi connectivity index (χ2v) is 7.29. The van der Waals surface area contributed by atoms with E-state index >= 15 is 0 Å². The molecule has 3 aromatic rings. The summed E-state index contributed by atoms with van der Waals surface area (Å²) in [6.07, 6.45) is 1.64. The molecule has 0 fully saturated rings. The van der Waals surface area contributed by atoms with Gasteiger partial charge in [0.05, 0.1) is 18.2 Å². The molecule has 0 aliphatic carbocycles. The highest BCUT2D eigenvalue weighted by atomic mass is 32.2. The Kier molecular flexibility index (Phi) is 4.62. The monoisotopic (exact) mass is 342 g/mol. The number of aryl methyl sites for hydroxylation is 1. The highest BCUT2D eigenvalue weighted by molar-refractivity contribution is 7.89. The minimum Gasteiger partial charge on any atom is -0.394 e. The third kappa shape index (κ3) is 3.31. The van der Waals surface area contributed by atoms with Gasteiger partial charge in [-0.2, -0.15) is 0 Å². The van der Waals surface area contributed by atoms with Crippen molar-refractivity contribution < 1.29 is 13.5 Å². The molecule has 0 aliphatic rings. The molecule has 2 aromatic carbocycles. The summed E-state index contributed by atoms with van der Waals surface area (Å²) in [4.78, 5) is 4.38. The van der Waals surface area contributed by atoms with Crippen LogP contribution in [0.2, 0.25) is 0 Å². The molecule has 0 spiro atoms. The normalized spacial score (nSPS) is 13.1. The van der Waals surface area contributed by atoms with Gasteiger partial charge in [0.25, 0.3) is 0 Å². The lowest BCUT2D eigenvalue weighted by Gasteiger charge is -2.17. The Balaban J connectivity index is 2.02. The van der Waals surface area contributed by atoms with E-state index in [2.05, 4.69) is 9.71 Å². The molecule has 0 radical (unpaired) electrons. The fourth-order valence-corrected chi connectivity index (χ4v) is 4.00. The molecule has 6 heteroatoms. The highest BCUT2D eigenvalue weighted by Gasteiger charge is 2.23. The zero-order chi connectivity index (χ0) is 17.2. The van der Waals surface area contributed by atoms with Crippen molar-refractivity contribution in [2.24, 2.45) is 0 Å². The van der Waals surface area contributed by atoms with Crippen molar-refractivity contribution in [3.63, 3.8) is 0 Å². The number of nitrogens with one attached hydrogen (secondary N) is 1. The van der Waals surface area contributed by atoms with Gasteiger partial charge in [0, 0.05) is 11.6 Å². The third-order valence-corrected chi connectivity index (χ3v) is 5.29. The van der Waals surface area contributed by atoms with Crippen molar-refractivity contribution in [3.8, 4) is 0 Å². The van der Waals surface area contributed by atoms with Crippen molar-refractivity contribution in [2.45, 2.75) is 17.9 Å². The summed E-state index contributed by atoms with van der Waals surface area (Å²) < 4.78 is 28.2. The van der Waals surface area contributed by atoms with Gasteiger partial charge in [0.15, 0.2) is 0 Å². The molecule has 0 saturated heterocycles. The molecule has 124 valence electrons. The van der Waals surface area contributed by atoms with Crippen LogP contribution in [0.3, 0.4) is 0 Å². The molecule has 0 saturated carbocycles. The number of rotatable bonds is 5. The van der Waals surface area contributed by atoms with Gasteiger partial charge in [-0.05, 0) is 30.2 Å². The van der Waals surface area contributed by atoms with E-state index in [0.29, 0.717) is 11.1 Å². The predicted octanol–water partition coefficient (Wildman–Crippen LogP) is 2.56. The minimum atomic E-state index is -3.83. The molecule has 3 rings (SSSR count). The van der Waals surface area contributed by atoms with Crippen LogP contribution in [0.25, 0.3) is 10.9 Å². The zero-order valence-corrected chi connectivity index (χ0v) is 14.0. The Morgan fingerprint density at radius 1 is 1.12 bits per heavy atom. The first-order valence-corrected chi connectivity index (χ1v) is 9.03. The van der Waals surface area contributed by atoms with Crippen molar-refractivity contribution in [2.75, 3.05) is 6.61 Å². The summed E-state index contributed by atoms with van der Waals surface area (Å²) in [7, 11) is -3.83. The predicted molar refractivity (Wildman–Crippen MR) is 93.1 cm³/mol. The number of fused-ring (bicyclic) bond motifs is 1. The molecule has 2 N–H and O–H groups in total. The first-order valence-electron chi connectivity index (χ1n) is 7.55. The van der Waals surface area contributed by atoms with Gasteiger partial charge in [-0.15, -0.1) is 0 Å². The van der Waals surface area contributed by atoms with Crippen LogP contribution < -0.4 is 4.72 Å². The van der Waals surface area contributed by atoms with Crippen LogP contribution in [-0.4, -0.2) is 25.1 Å².